The lowest BCUT2D eigenvalue weighted by Crippen LogP contribution is -2.29. The maximum atomic E-state index is 13.4. The third-order valence-corrected chi connectivity index (χ3v) is 5.54. The first-order valence-electron chi connectivity index (χ1n) is 10.3. The number of amides is 1. The molecule has 1 aliphatic heterocycles. The van der Waals surface area contributed by atoms with Crippen LogP contribution in [0.4, 0.5) is 10.1 Å². The van der Waals surface area contributed by atoms with E-state index in [4.69, 9.17) is 9.84 Å². The summed E-state index contributed by atoms with van der Waals surface area (Å²) < 4.78 is 18.7. The summed E-state index contributed by atoms with van der Waals surface area (Å²) >= 11 is 0. The molecule has 1 amide bonds. The van der Waals surface area contributed by atoms with Crippen molar-refractivity contribution in [2.24, 2.45) is 0 Å². The van der Waals surface area contributed by atoms with Crippen molar-refractivity contribution in [3.8, 4) is 5.75 Å². The number of rotatable bonds is 6. The van der Waals surface area contributed by atoms with Gasteiger partial charge in [0.1, 0.15) is 17.3 Å². The summed E-state index contributed by atoms with van der Waals surface area (Å²) in [7, 11) is 1.48. The van der Waals surface area contributed by atoms with E-state index in [0.717, 1.165) is 12.1 Å². The van der Waals surface area contributed by atoms with Crippen molar-refractivity contribution in [2.45, 2.75) is 12.5 Å². The number of aliphatic hydroxyl groups excluding tert-OH is 1. The molecule has 1 fully saturated rings. The van der Waals surface area contributed by atoms with Gasteiger partial charge in [-0.3, -0.25) is 19.3 Å². The minimum absolute atomic E-state index is 0.153. The van der Waals surface area contributed by atoms with Crippen LogP contribution in [-0.2, 0) is 20.8 Å². The van der Waals surface area contributed by atoms with E-state index in [1.54, 1.807) is 48.5 Å². The van der Waals surface area contributed by atoms with E-state index in [1.165, 1.54) is 24.1 Å². The molecule has 8 heteroatoms. The van der Waals surface area contributed by atoms with E-state index < -0.39 is 35.3 Å². The van der Waals surface area contributed by atoms with Crippen LogP contribution < -0.4 is 9.64 Å². The second kappa shape index (κ2) is 9.19. The zero-order valence-electron chi connectivity index (χ0n) is 18.1. The fraction of sp³-hybridized carbons (Fsp3) is 0.115. The van der Waals surface area contributed by atoms with Crippen LogP contribution in [0, 0.1) is 5.82 Å². The summed E-state index contributed by atoms with van der Waals surface area (Å²) in [6, 6.07) is 16.9. The van der Waals surface area contributed by atoms with Crippen molar-refractivity contribution in [2.75, 3.05) is 12.0 Å². The molecule has 0 bridgehead atoms. The molecule has 0 radical (unpaired) electrons. The lowest BCUT2D eigenvalue weighted by atomic mass is 9.95. The van der Waals surface area contributed by atoms with Crippen LogP contribution in [0.1, 0.15) is 22.7 Å². The minimum atomic E-state index is -0.996. The van der Waals surface area contributed by atoms with Gasteiger partial charge in [-0.1, -0.05) is 24.3 Å². The van der Waals surface area contributed by atoms with Gasteiger partial charge in [0.25, 0.3) is 11.7 Å². The molecule has 0 saturated carbocycles. The zero-order chi connectivity index (χ0) is 24.4. The summed E-state index contributed by atoms with van der Waals surface area (Å²) in [6.07, 6.45) is -0.191. The molecule has 34 heavy (non-hydrogen) atoms. The Bertz CT molecular complexity index is 1300. The smallest absolute Gasteiger partial charge is 0.307 e. The average molecular weight is 461 g/mol. The van der Waals surface area contributed by atoms with Gasteiger partial charge in [-0.15, -0.1) is 0 Å². The maximum absolute atomic E-state index is 13.4. The Labute approximate surface area is 194 Å². The molecule has 1 saturated heterocycles. The summed E-state index contributed by atoms with van der Waals surface area (Å²) in [6.45, 7) is 0. The van der Waals surface area contributed by atoms with Crippen molar-refractivity contribution >= 4 is 29.1 Å². The molecule has 0 aromatic heterocycles. The molecule has 3 aromatic rings. The molecule has 4 rings (SSSR count). The summed E-state index contributed by atoms with van der Waals surface area (Å²) in [5, 5.41) is 20.0. The van der Waals surface area contributed by atoms with E-state index in [0.29, 0.717) is 22.6 Å². The predicted octanol–water partition coefficient (Wildman–Crippen LogP) is 4.09. The highest BCUT2D eigenvalue weighted by Gasteiger charge is 2.47. The average Bonchev–Trinajstić information content (AvgIpc) is 3.10. The van der Waals surface area contributed by atoms with Crippen LogP contribution in [0.25, 0.3) is 5.76 Å². The summed E-state index contributed by atoms with van der Waals surface area (Å²) in [4.78, 5) is 38.5. The molecule has 3 aromatic carbocycles. The number of aliphatic carboxylic acids is 1. The number of benzene rings is 3. The van der Waals surface area contributed by atoms with Crippen LogP contribution >= 0.6 is 0 Å². The second-order valence-corrected chi connectivity index (χ2v) is 7.69. The van der Waals surface area contributed by atoms with Gasteiger partial charge in [-0.2, -0.15) is 0 Å². The van der Waals surface area contributed by atoms with E-state index in [2.05, 4.69) is 0 Å². The fourth-order valence-corrected chi connectivity index (χ4v) is 3.94. The highest BCUT2D eigenvalue weighted by atomic mass is 19.1. The number of halogens is 1. The first-order chi connectivity index (χ1) is 16.3. The third-order valence-electron chi connectivity index (χ3n) is 5.54. The number of methoxy groups -OCH3 is 1. The number of nitrogens with zero attached hydrogens (tertiary/aromatic N) is 1. The van der Waals surface area contributed by atoms with Gasteiger partial charge in [0.05, 0.1) is 25.1 Å². The fourth-order valence-electron chi connectivity index (χ4n) is 3.94. The lowest BCUT2D eigenvalue weighted by Gasteiger charge is -2.26. The van der Waals surface area contributed by atoms with Gasteiger partial charge in [0.15, 0.2) is 0 Å². The van der Waals surface area contributed by atoms with Crippen LogP contribution in [0.3, 0.4) is 0 Å². The topological polar surface area (TPSA) is 104 Å². The quantitative estimate of drug-likeness (QED) is 0.326. The second-order valence-electron chi connectivity index (χ2n) is 7.69. The van der Waals surface area contributed by atoms with E-state index in [9.17, 15) is 23.9 Å². The lowest BCUT2D eigenvalue weighted by molar-refractivity contribution is -0.136. The Hall–Kier alpha value is -4.46. The molecule has 0 aliphatic carbocycles. The van der Waals surface area contributed by atoms with E-state index in [-0.39, 0.29) is 17.6 Å². The number of hydrogen-bond acceptors (Lipinski definition) is 5. The first kappa shape index (κ1) is 22.7. The molecule has 1 aliphatic rings. The van der Waals surface area contributed by atoms with Crippen LogP contribution in [-0.4, -0.2) is 35.0 Å². The van der Waals surface area contributed by atoms with Crippen molar-refractivity contribution in [1.29, 1.82) is 0 Å². The number of carboxylic acid groups (broad SMARTS) is 1. The zero-order valence-corrected chi connectivity index (χ0v) is 18.1. The normalized spacial score (nSPS) is 17.1. The predicted molar refractivity (Wildman–Crippen MR) is 122 cm³/mol. The maximum Gasteiger partial charge on any atom is 0.307 e. The van der Waals surface area contributed by atoms with Crippen LogP contribution in [0.2, 0.25) is 0 Å². The minimum Gasteiger partial charge on any atom is -0.507 e. The van der Waals surface area contributed by atoms with Gasteiger partial charge in [-0.05, 0) is 59.7 Å². The Kier molecular flexibility index (Phi) is 6.14. The number of ether oxygens (including phenoxy) is 1. The number of carboxylic acids is 1. The molecule has 1 atom stereocenters. The number of carbonyl (C=O) groups is 3. The first-order valence-corrected chi connectivity index (χ1v) is 10.3. The van der Waals surface area contributed by atoms with Crippen LogP contribution in [0.15, 0.2) is 78.4 Å². The van der Waals surface area contributed by atoms with Crippen molar-refractivity contribution in [1.82, 2.24) is 0 Å². The highest BCUT2D eigenvalue weighted by Crippen LogP contribution is 2.42. The SMILES string of the molecule is COc1cccc(C2/C(=C(/O)c3ccc(F)cc3)C(=O)C(=O)N2c2ccc(CC(=O)O)cc2)c1. The third kappa shape index (κ3) is 4.25. The largest absolute Gasteiger partial charge is 0.507 e. The van der Waals surface area contributed by atoms with Gasteiger partial charge in [-0.25, -0.2) is 4.39 Å². The molecular weight excluding hydrogens is 441 g/mol. The molecule has 172 valence electrons. The van der Waals surface area contributed by atoms with Gasteiger partial charge in [0, 0.05) is 11.3 Å². The van der Waals surface area contributed by atoms with Gasteiger partial charge in [0.2, 0.25) is 0 Å². The Morgan fingerprint density at radius 1 is 1.00 bits per heavy atom. The van der Waals surface area contributed by atoms with Crippen molar-refractivity contribution < 1.29 is 33.7 Å². The number of carbonyl (C=O) groups excluding carboxylic acids is 2. The van der Waals surface area contributed by atoms with E-state index in [1.807, 2.05) is 0 Å². The summed E-state index contributed by atoms with van der Waals surface area (Å²) in [5.74, 6) is -3.21. The number of aliphatic hydroxyl groups is 1. The number of hydrogen-bond donors (Lipinski definition) is 2. The molecule has 1 unspecified atom stereocenters. The Morgan fingerprint density at radius 2 is 1.68 bits per heavy atom. The van der Waals surface area contributed by atoms with Crippen LogP contribution in [0.5, 0.6) is 5.75 Å². The monoisotopic (exact) mass is 461 g/mol. The standard InChI is InChI=1S/C26H20FNO6/c1-34-20-4-2-3-17(14-20)23-22(24(31)16-7-9-18(27)10-8-16)25(32)26(33)28(23)19-11-5-15(6-12-19)13-21(29)30/h2-12,14,23,31H,13H2,1H3,(H,29,30)/b24-22-. The van der Waals surface area contributed by atoms with E-state index >= 15 is 0 Å². The van der Waals surface area contributed by atoms with Crippen molar-refractivity contribution in [3.05, 3.63) is 101 Å². The molecule has 0 spiro atoms. The summed E-state index contributed by atoms with van der Waals surface area (Å²) in [5.41, 5.74) is 1.42. The van der Waals surface area contributed by atoms with Gasteiger partial charge < -0.3 is 14.9 Å². The number of anilines is 1. The van der Waals surface area contributed by atoms with Gasteiger partial charge >= 0.3 is 5.97 Å². The highest BCUT2D eigenvalue weighted by molar-refractivity contribution is 6.51. The molecule has 7 nitrogen and oxygen atoms in total. The molecular formula is C26H20FNO6. The molecule has 2 N–H and O–H groups in total. The number of ketones is 1. The Balaban J connectivity index is 1.88. The molecule has 1 heterocycles. The van der Waals surface area contributed by atoms with Crippen molar-refractivity contribution in [3.63, 3.8) is 0 Å². The Morgan fingerprint density at radius 3 is 2.29 bits per heavy atom. The number of Topliss-reactive ketones (excluding diaryl/α,β-unsaturated/α-hetero) is 1.